The van der Waals surface area contributed by atoms with Gasteiger partial charge in [-0.3, -0.25) is 4.68 Å². The van der Waals surface area contributed by atoms with Crippen molar-refractivity contribution in [1.29, 1.82) is 0 Å². The Labute approximate surface area is 85.8 Å². The second-order valence-corrected chi connectivity index (χ2v) is 5.88. The zero-order valence-corrected chi connectivity index (χ0v) is 9.05. The largest absolute Gasteiger partial charge is 0.355 e. The maximum Gasteiger partial charge on any atom is 0.355 e. The van der Waals surface area contributed by atoms with Gasteiger partial charge in [-0.05, 0) is 13.8 Å². The molecule has 0 fully saturated rings. The van der Waals surface area contributed by atoms with Gasteiger partial charge in [-0.2, -0.15) is 13.9 Å². The fourth-order valence-electron chi connectivity index (χ4n) is 1.47. The van der Waals surface area contributed by atoms with E-state index in [0.717, 1.165) is 0 Å². The van der Waals surface area contributed by atoms with Crippen LogP contribution in [0.25, 0.3) is 0 Å². The molecule has 1 aromatic heterocycles. The van der Waals surface area contributed by atoms with Crippen molar-refractivity contribution >= 4 is 9.84 Å². The lowest BCUT2D eigenvalue weighted by Gasteiger charge is -2.09. The summed E-state index contributed by atoms with van der Waals surface area (Å²) in [6.45, 7) is 3.60. The van der Waals surface area contributed by atoms with E-state index in [1.54, 1.807) is 13.8 Å². The first-order valence-corrected chi connectivity index (χ1v) is 5.94. The van der Waals surface area contributed by atoms with Gasteiger partial charge in [0.05, 0.1) is 12.1 Å². The van der Waals surface area contributed by atoms with E-state index in [0.29, 0.717) is 0 Å². The number of nitrogens with zero attached hydrogens (tertiary/aromatic N) is 2. The zero-order chi connectivity index (χ0) is 11.4. The molecular formula is C8H10F2N2O2S. The van der Waals surface area contributed by atoms with Crippen molar-refractivity contribution in [2.24, 2.45) is 0 Å². The van der Waals surface area contributed by atoms with Crippen molar-refractivity contribution in [3.05, 3.63) is 11.9 Å². The van der Waals surface area contributed by atoms with Crippen LogP contribution in [0.15, 0.2) is 11.1 Å². The smallest absolute Gasteiger partial charge is 0.269 e. The Balaban J connectivity index is 2.58. The molecule has 0 aliphatic carbocycles. The summed E-state index contributed by atoms with van der Waals surface area (Å²) in [7, 11) is -4.51. The minimum Gasteiger partial charge on any atom is -0.269 e. The number of alkyl halides is 2. The highest BCUT2D eigenvalue weighted by atomic mass is 32.2. The fourth-order valence-corrected chi connectivity index (χ4v) is 2.79. The Kier molecular flexibility index (Phi) is 1.95. The molecule has 1 aliphatic rings. The van der Waals surface area contributed by atoms with E-state index in [1.165, 1.54) is 10.9 Å². The van der Waals surface area contributed by atoms with E-state index < -0.39 is 21.5 Å². The third-order valence-electron chi connectivity index (χ3n) is 2.36. The van der Waals surface area contributed by atoms with E-state index in [1.807, 2.05) is 0 Å². The Morgan fingerprint density at radius 1 is 1.53 bits per heavy atom. The molecule has 84 valence electrons. The Morgan fingerprint density at radius 2 is 2.13 bits per heavy atom. The first kappa shape index (κ1) is 10.5. The quantitative estimate of drug-likeness (QED) is 0.740. The summed E-state index contributed by atoms with van der Waals surface area (Å²) in [5.41, 5.74) is -0.0336. The van der Waals surface area contributed by atoms with E-state index in [2.05, 4.69) is 5.10 Å². The van der Waals surface area contributed by atoms with Crippen molar-refractivity contribution in [3.63, 3.8) is 0 Å². The van der Waals surface area contributed by atoms with Gasteiger partial charge in [-0.25, -0.2) is 8.42 Å². The van der Waals surface area contributed by atoms with Gasteiger partial charge in [-0.1, -0.05) is 0 Å². The van der Waals surface area contributed by atoms with Gasteiger partial charge in [0, 0.05) is 12.2 Å². The highest BCUT2D eigenvalue weighted by Gasteiger charge is 2.54. The standard InChI is InChI=1S/C8H10F2N2O2S/c1-5(2)12-4-7-6(11-12)3-8(9,10)15(7,13)14/h4-5H,3H2,1-2H3. The average Bonchev–Trinajstić information content (AvgIpc) is 2.52. The molecule has 15 heavy (non-hydrogen) atoms. The number of fused-ring (bicyclic) bond motifs is 1. The first-order valence-electron chi connectivity index (χ1n) is 4.46. The summed E-state index contributed by atoms with van der Waals surface area (Å²) in [6.07, 6.45) is 0.362. The fraction of sp³-hybridized carbons (Fsp3) is 0.625. The molecule has 0 saturated heterocycles. The van der Waals surface area contributed by atoms with Gasteiger partial charge in [0.15, 0.2) is 0 Å². The highest BCUT2D eigenvalue weighted by Crippen LogP contribution is 2.41. The number of sulfone groups is 1. The lowest BCUT2D eigenvalue weighted by atomic mass is 10.3. The predicted octanol–water partition coefficient (Wildman–Crippen LogP) is 1.39. The topological polar surface area (TPSA) is 52.0 Å². The molecule has 0 saturated carbocycles. The molecule has 1 aromatic rings. The summed E-state index contributed by atoms with van der Waals surface area (Å²) < 4.78 is 50.2. The normalized spacial score (nSPS) is 21.9. The first-order chi connectivity index (χ1) is 6.75. The number of hydrogen-bond donors (Lipinski definition) is 0. The van der Waals surface area contributed by atoms with Gasteiger partial charge in [0.1, 0.15) is 4.90 Å². The molecule has 0 aromatic carbocycles. The van der Waals surface area contributed by atoms with Crippen LogP contribution in [0.2, 0.25) is 0 Å². The molecule has 2 heterocycles. The third kappa shape index (κ3) is 1.29. The Morgan fingerprint density at radius 3 is 2.60 bits per heavy atom. The zero-order valence-electron chi connectivity index (χ0n) is 8.24. The number of halogens is 2. The lowest BCUT2D eigenvalue weighted by molar-refractivity contribution is 0.0968. The molecule has 0 radical (unpaired) electrons. The molecule has 0 bridgehead atoms. The molecule has 0 unspecified atom stereocenters. The van der Waals surface area contributed by atoms with Crippen LogP contribution in [0.5, 0.6) is 0 Å². The molecule has 0 amide bonds. The summed E-state index contributed by atoms with van der Waals surface area (Å²) in [6, 6.07) is -0.0422. The van der Waals surface area contributed by atoms with E-state index >= 15 is 0 Å². The summed E-state index contributed by atoms with van der Waals surface area (Å²) in [4.78, 5) is -0.332. The second-order valence-electron chi connectivity index (χ2n) is 3.83. The van der Waals surface area contributed by atoms with E-state index in [4.69, 9.17) is 0 Å². The molecule has 0 spiro atoms. The molecule has 0 atom stereocenters. The minimum atomic E-state index is -4.51. The maximum atomic E-state index is 13.0. The van der Waals surface area contributed by atoms with Gasteiger partial charge in [0.25, 0.3) is 0 Å². The van der Waals surface area contributed by atoms with Crippen LogP contribution in [-0.4, -0.2) is 23.5 Å². The van der Waals surface area contributed by atoms with E-state index in [-0.39, 0.29) is 16.6 Å². The summed E-state index contributed by atoms with van der Waals surface area (Å²) in [5, 5.41) is 0.145. The second kappa shape index (κ2) is 2.78. The van der Waals surface area contributed by atoms with Crippen molar-refractivity contribution in [3.8, 4) is 0 Å². The van der Waals surface area contributed by atoms with Gasteiger partial charge in [-0.15, -0.1) is 0 Å². The molecule has 0 N–H and O–H groups in total. The number of hydrogen-bond acceptors (Lipinski definition) is 3. The highest BCUT2D eigenvalue weighted by molar-refractivity contribution is 7.92. The summed E-state index contributed by atoms with van der Waals surface area (Å²) >= 11 is 0. The number of rotatable bonds is 1. The minimum absolute atomic E-state index is 0.0336. The van der Waals surface area contributed by atoms with Crippen LogP contribution < -0.4 is 0 Å². The average molecular weight is 236 g/mol. The van der Waals surface area contributed by atoms with Crippen molar-refractivity contribution in [2.45, 2.75) is 36.5 Å². The Hall–Kier alpha value is -0.980. The molecule has 4 nitrogen and oxygen atoms in total. The molecule has 2 rings (SSSR count). The van der Waals surface area contributed by atoms with Crippen molar-refractivity contribution in [2.75, 3.05) is 0 Å². The third-order valence-corrected chi connectivity index (χ3v) is 4.21. The van der Waals surface area contributed by atoms with Gasteiger partial charge in [0.2, 0.25) is 9.84 Å². The molecular weight excluding hydrogens is 226 g/mol. The van der Waals surface area contributed by atoms with Crippen LogP contribution in [0, 0.1) is 0 Å². The SMILES string of the molecule is CC(C)n1cc2c(n1)CC(F)(F)S2(=O)=O. The van der Waals surface area contributed by atoms with Crippen LogP contribution in [0.4, 0.5) is 8.78 Å². The van der Waals surface area contributed by atoms with Crippen LogP contribution in [0.1, 0.15) is 25.6 Å². The maximum absolute atomic E-state index is 13.0. The van der Waals surface area contributed by atoms with Crippen LogP contribution in [-0.2, 0) is 16.3 Å². The molecule has 7 heteroatoms. The van der Waals surface area contributed by atoms with Crippen molar-refractivity contribution < 1.29 is 17.2 Å². The van der Waals surface area contributed by atoms with E-state index in [9.17, 15) is 17.2 Å². The molecule has 1 aliphatic heterocycles. The number of aromatic nitrogens is 2. The lowest BCUT2D eigenvalue weighted by Crippen LogP contribution is -2.25. The van der Waals surface area contributed by atoms with Gasteiger partial charge < -0.3 is 0 Å². The predicted molar refractivity (Wildman–Crippen MR) is 48.4 cm³/mol. The van der Waals surface area contributed by atoms with Crippen LogP contribution >= 0.6 is 0 Å². The van der Waals surface area contributed by atoms with Crippen molar-refractivity contribution in [1.82, 2.24) is 9.78 Å². The monoisotopic (exact) mass is 236 g/mol. The Bertz CT molecular complexity index is 505. The van der Waals surface area contributed by atoms with Crippen LogP contribution in [0.3, 0.4) is 0 Å². The summed E-state index contributed by atoms with van der Waals surface area (Å²) in [5.74, 6) is 0. The van der Waals surface area contributed by atoms with Gasteiger partial charge >= 0.3 is 5.25 Å².